The number of nitrogens with zero attached hydrogens (tertiary/aromatic N) is 3. The summed E-state index contributed by atoms with van der Waals surface area (Å²) in [5.41, 5.74) is 2.40. The molecule has 0 spiro atoms. The van der Waals surface area contributed by atoms with Crippen LogP contribution in [0, 0.1) is 6.92 Å². The molecule has 2 saturated heterocycles. The van der Waals surface area contributed by atoms with Gasteiger partial charge in [-0.3, -0.25) is 9.88 Å². The van der Waals surface area contributed by atoms with Gasteiger partial charge in [0.15, 0.2) is 0 Å². The number of aryl methyl sites for hydroxylation is 1. The molecule has 0 radical (unpaired) electrons. The van der Waals surface area contributed by atoms with E-state index in [-0.39, 0.29) is 0 Å². The second kappa shape index (κ2) is 4.65. The molecule has 92 valence electrons. The minimum Gasteiger partial charge on any atom is -0.369 e. The molecule has 0 aromatic carbocycles. The number of anilines is 1. The van der Waals surface area contributed by atoms with Crippen LogP contribution < -0.4 is 4.90 Å². The van der Waals surface area contributed by atoms with Gasteiger partial charge in [0.1, 0.15) is 0 Å². The molecule has 0 bridgehead atoms. The maximum absolute atomic E-state index is 4.42. The number of fused-ring (bicyclic) bond motifs is 1. The van der Waals surface area contributed by atoms with E-state index >= 15 is 0 Å². The minimum atomic E-state index is 0.777. The standard InChI is InChI=1S/C14H21N3/c1-12-5-6-13(10-15-12)17-9-3-8-16-7-2-4-14(16)11-17/h5-6,10,14H,2-4,7-9,11H2,1H3. The summed E-state index contributed by atoms with van der Waals surface area (Å²) in [6.45, 7) is 7.00. The molecule has 3 nitrogen and oxygen atoms in total. The normalized spacial score (nSPS) is 25.7. The van der Waals surface area contributed by atoms with Crippen molar-refractivity contribution in [1.82, 2.24) is 9.88 Å². The van der Waals surface area contributed by atoms with Crippen molar-refractivity contribution in [1.29, 1.82) is 0 Å². The van der Waals surface area contributed by atoms with Crippen LogP contribution in [0.25, 0.3) is 0 Å². The maximum Gasteiger partial charge on any atom is 0.0553 e. The molecule has 1 aromatic rings. The highest BCUT2D eigenvalue weighted by atomic mass is 15.3. The summed E-state index contributed by atoms with van der Waals surface area (Å²) in [5, 5.41) is 0. The molecule has 2 aliphatic heterocycles. The molecule has 3 heterocycles. The summed E-state index contributed by atoms with van der Waals surface area (Å²) in [6.07, 6.45) is 6.06. The molecule has 17 heavy (non-hydrogen) atoms. The highest BCUT2D eigenvalue weighted by molar-refractivity contribution is 5.45. The van der Waals surface area contributed by atoms with Crippen LogP contribution in [0.2, 0.25) is 0 Å². The molecular weight excluding hydrogens is 210 g/mol. The first-order valence-electron chi connectivity index (χ1n) is 6.74. The topological polar surface area (TPSA) is 19.4 Å². The lowest BCUT2D eigenvalue weighted by atomic mass is 10.2. The van der Waals surface area contributed by atoms with Crippen molar-refractivity contribution < 1.29 is 0 Å². The van der Waals surface area contributed by atoms with Crippen LogP contribution in [0.3, 0.4) is 0 Å². The monoisotopic (exact) mass is 231 g/mol. The minimum absolute atomic E-state index is 0.777. The number of rotatable bonds is 1. The fourth-order valence-electron chi connectivity index (χ4n) is 3.09. The molecule has 1 atom stereocenters. The third kappa shape index (κ3) is 2.29. The SMILES string of the molecule is Cc1ccc(N2CCCN3CCCC3C2)cn1. The summed E-state index contributed by atoms with van der Waals surface area (Å²) < 4.78 is 0. The van der Waals surface area contributed by atoms with E-state index in [0.29, 0.717) is 0 Å². The number of aromatic nitrogens is 1. The van der Waals surface area contributed by atoms with E-state index in [9.17, 15) is 0 Å². The average Bonchev–Trinajstić information content (AvgIpc) is 2.68. The Hall–Kier alpha value is -1.09. The fourth-order valence-corrected chi connectivity index (χ4v) is 3.09. The van der Waals surface area contributed by atoms with Crippen LogP contribution in [0.5, 0.6) is 0 Å². The zero-order valence-electron chi connectivity index (χ0n) is 10.6. The Bertz CT molecular complexity index is 374. The molecule has 2 fully saturated rings. The first-order valence-corrected chi connectivity index (χ1v) is 6.74. The third-order valence-corrected chi connectivity index (χ3v) is 4.06. The Balaban J connectivity index is 1.76. The third-order valence-electron chi connectivity index (χ3n) is 4.06. The molecule has 3 rings (SSSR count). The van der Waals surface area contributed by atoms with Crippen molar-refractivity contribution in [3.63, 3.8) is 0 Å². The molecule has 3 heteroatoms. The highest BCUT2D eigenvalue weighted by Crippen LogP contribution is 2.24. The molecule has 1 unspecified atom stereocenters. The van der Waals surface area contributed by atoms with Crippen LogP contribution >= 0.6 is 0 Å². The molecule has 0 saturated carbocycles. The lowest BCUT2D eigenvalue weighted by Gasteiger charge is -2.27. The quantitative estimate of drug-likeness (QED) is 0.737. The van der Waals surface area contributed by atoms with Gasteiger partial charge in [0, 0.05) is 31.4 Å². The predicted molar refractivity (Wildman–Crippen MR) is 70.4 cm³/mol. The van der Waals surface area contributed by atoms with E-state index < -0.39 is 0 Å². The number of hydrogen-bond donors (Lipinski definition) is 0. The van der Waals surface area contributed by atoms with Crippen molar-refractivity contribution in [3.05, 3.63) is 24.0 Å². The molecule has 2 aliphatic rings. The van der Waals surface area contributed by atoms with Gasteiger partial charge in [0.2, 0.25) is 0 Å². The van der Waals surface area contributed by atoms with E-state index in [1.165, 1.54) is 51.1 Å². The van der Waals surface area contributed by atoms with Crippen molar-refractivity contribution in [2.45, 2.75) is 32.2 Å². The molecule has 0 N–H and O–H groups in total. The number of hydrogen-bond acceptors (Lipinski definition) is 3. The van der Waals surface area contributed by atoms with E-state index in [4.69, 9.17) is 0 Å². The van der Waals surface area contributed by atoms with Crippen molar-refractivity contribution in [2.75, 3.05) is 31.1 Å². The Kier molecular flexibility index (Phi) is 3.02. The average molecular weight is 231 g/mol. The summed E-state index contributed by atoms with van der Waals surface area (Å²) in [6, 6.07) is 5.11. The first-order chi connectivity index (χ1) is 8.33. The van der Waals surface area contributed by atoms with Gasteiger partial charge in [-0.25, -0.2) is 0 Å². The Morgan fingerprint density at radius 1 is 1.18 bits per heavy atom. The van der Waals surface area contributed by atoms with Crippen molar-refractivity contribution in [2.24, 2.45) is 0 Å². The van der Waals surface area contributed by atoms with Gasteiger partial charge in [0.05, 0.1) is 11.9 Å². The van der Waals surface area contributed by atoms with Crippen LogP contribution in [-0.4, -0.2) is 42.1 Å². The van der Waals surface area contributed by atoms with Crippen LogP contribution in [0.4, 0.5) is 5.69 Å². The fraction of sp³-hybridized carbons (Fsp3) is 0.643. The zero-order valence-corrected chi connectivity index (χ0v) is 10.6. The summed E-state index contributed by atoms with van der Waals surface area (Å²) in [4.78, 5) is 9.60. The summed E-state index contributed by atoms with van der Waals surface area (Å²) in [5.74, 6) is 0. The molecule has 0 amide bonds. The van der Waals surface area contributed by atoms with Gasteiger partial charge in [-0.2, -0.15) is 0 Å². The van der Waals surface area contributed by atoms with Crippen LogP contribution in [0.1, 0.15) is 25.0 Å². The Labute approximate surface area is 103 Å². The van der Waals surface area contributed by atoms with Gasteiger partial charge in [-0.05, 0) is 44.9 Å². The molecule has 1 aromatic heterocycles. The first kappa shape index (κ1) is 11.0. The van der Waals surface area contributed by atoms with Gasteiger partial charge >= 0.3 is 0 Å². The summed E-state index contributed by atoms with van der Waals surface area (Å²) in [7, 11) is 0. The lowest BCUT2D eigenvalue weighted by molar-refractivity contribution is 0.273. The highest BCUT2D eigenvalue weighted by Gasteiger charge is 2.28. The zero-order chi connectivity index (χ0) is 11.7. The van der Waals surface area contributed by atoms with Crippen LogP contribution in [-0.2, 0) is 0 Å². The largest absolute Gasteiger partial charge is 0.369 e. The van der Waals surface area contributed by atoms with E-state index in [0.717, 1.165) is 11.7 Å². The van der Waals surface area contributed by atoms with Gasteiger partial charge in [-0.15, -0.1) is 0 Å². The van der Waals surface area contributed by atoms with Crippen molar-refractivity contribution >= 4 is 5.69 Å². The summed E-state index contributed by atoms with van der Waals surface area (Å²) >= 11 is 0. The van der Waals surface area contributed by atoms with Crippen LogP contribution in [0.15, 0.2) is 18.3 Å². The smallest absolute Gasteiger partial charge is 0.0553 e. The maximum atomic E-state index is 4.42. The second-order valence-corrected chi connectivity index (χ2v) is 5.29. The Morgan fingerprint density at radius 2 is 2.06 bits per heavy atom. The molecular formula is C14H21N3. The van der Waals surface area contributed by atoms with E-state index in [1.54, 1.807) is 0 Å². The van der Waals surface area contributed by atoms with Gasteiger partial charge < -0.3 is 4.90 Å². The van der Waals surface area contributed by atoms with Gasteiger partial charge in [-0.1, -0.05) is 0 Å². The second-order valence-electron chi connectivity index (χ2n) is 5.29. The number of pyridine rings is 1. The van der Waals surface area contributed by atoms with E-state index in [1.807, 2.05) is 13.1 Å². The lowest BCUT2D eigenvalue weighted by Crippen LogP contribution is -2.36. The van der Waals surface area contributed by atoms with E-state index in [2.05, 4.69) is 26.9 Å². The molecule has 0 aliphatic carbocycles. The Morgan fingerprint density at radius 3 is 2.88 bits per heavy atom. The predicted octanol–water partition coefficient (Wildman–Crippen LogP) is 2.06. The van der Waals surface area contributed by atoms with Gasteiger partial charge in [0.25, 0.3) is 0 Å². The van der Waals surface area contributed by atoms with Crippen molar-refractivity contribution in [3.8, 4) is 0 Å².